The van der Waals surface area contributed by atoms with Gasteiger partial charge in [0.05, 0.1) is 18.0 Å². The summed E-state index contributed by atoms with van der Waals surface area (Å²) >= 11 is 0. The average Bonchev–Trinajstić information content (AvgIpc) is 3.13. The number of nitrogens with one attached hydrogen (secondary N) is 2. The van der Waals surface area contributed by atoms with Crippen LogP contribution in [0.3, 0.4) is 0 Å². The number of nitrogens with zero attached hydrogens (tertiary/aromatic N) is 2. The lowest BCUT2D eigenvalue weighted by Gasteiger charge is -2.11. The van der Waals surface area contributed by atoms with E-state index in [-0.39, 0.29) is 12.0 Å². The Bertz CT molecular complexity index is 625. The molecule has 1 fully saturated rings. The van der Waals surface area contributed by atoms with E-state index in [1.165, 1.54) is 0 Å². The molecular weight excluding hydrogens is 292 g/mol. The van der Waals surface area contributed by atoms with Crippen molar-refractivity contribution in [1.82, 2.24) is 15.3 Å². The Balaban J connectivity index is 1.48. The van der Waals surface area contributed by atoms with E-state index in [9.17, 15) is 4.79 Å². The summed E-state index contributed by atoms with van der Waals surface area (Å²) in [4.78, 5) is 20.2. The highest BCUT2D eigenvalue weighted by Gasteiger charge is 2.15. The van der Waals surface area contributed by atoms with E-state index < -0.39 is 0 Å². The van der Waals surface area contributed by atoms with Crippen LogP contribution in [-0.4, -0.2) is 35.1 Å². The molecule has 2 aromatic heterocycles. The van der Waals surface area contributed by atoms with Gasteiger partial charge in [-0.1, -0.05) is 0 Å². The minimum Gasteiger partial charge on any atom is -0.381 e. The lowest BCUT2D eigenvalue weighted by Crippen LogP contribution is -2.24. The number of carbonyl (C=O) groups excluding carboxylic acids is 1. The summed E-state index contributed by atoms with van der Waals surface area (Å²) in [7, 11) is 0. The van der Waals surface area contributed by atoms with Gasteiger partial charge in [-0.15, -0.1) is 0 Å². The first-order valence-corrected chi connectivity index (χ1v) is 7.80. The molecule has 6 nitrogen and oxygen atoms in total. The first-order chi connectivity index (χ1) is 11.3. The van der Waals surface area contributed by atoms with Gasteiger partial charge in [0.15, 0.2) is 0 Å². The largest absolute Gasteiger partial charge is 0.381 e. The summed E-state index contributed by atoms with van der Waals surface area (Å²) in [6, 6.07) is 7.32. The highest BCUT2D eigenvalue weighted by atomic mass is 16.5. The molecule has 2 N–H and O–H groups in total. The van der Waals surface area contributed by atoms with Crippen LogP contribution in [0.15, 0.2) is 42.9 Å². The van der Waals surface area contributed by atoms with Gasteiger partial charge in [0.2, 0.25) is 0 Å². The SMILES string of the molecule is O=C(NCc1ccncc1)c1ccc(NCC2CCCO2)cn1. The van der Waals surface area contributed by atoms with Crippen LogP contribution in [0.4, 0.5) is 5.69 Å². The van der Waals surface area contributed by atoms with E-state index in [2.05, 4.69) is 20.6 Å². The molecule has 2 aromatic rings. The van der Waals surface area contributed by atoms with Gasteiger partial charge >= 0.3 is 0 Å². The molecule has 1 saturated heterocycles. The lowest BCUT2D eigenvalue weighted by molar-refractivity contribution is 0.0946. The Morgan fingerprint density at radius 3 is 2.83 bits per heavy atom. The number of rotatable bonds is 6. The van der Waals surface area contributed by atoms with E-state index in [0.717, 1.165) is 37.2 Å². The Morgan fingerprint density at radius 1 is 1.26 bits per heavy atom. The molecule has 0 aromatic carbocycles. The monoisotopic (exact) mass is 312 g/mol. The summed E-state index contributed by atoms with van der Waals surface area (Å²) in [6.07, 6.45) is 7.58. The summed E-state index contributed by atoms with van der Waals surface area (Å²) in [6.45, 7) is 2.08. The number of anilines is 1. The van der Waals surface area contributed by atoms with Crippen molar-refractivity contribution in [2.75, 3.05) is 18.5 Å². The molecule has 6 heteroatoms. The minimum absolute atomic E-state index is 0.188. The first kappa shape index (κ1) is 15.4. The maximum Gasteiger partial charge on any atom is 0.270 e. The Hall–Kier alpha value is -2.47. The quantitative estimate of drug-likeness (QED) is 0.853. The van der Waals surface area contributed by atoms with Crippen molar-refractivity contribution in [3.05, 3.63) is 54.1 Å². The van der Waals surface area contributed by atoms with Crippen molar-refractivity contribution in [3.8, 4) is 0 Å². The summed E-state index contributed by atoms with van der Waals surface area (Å²) in [5.74, 6) is -0.188. The zero-order valence-electron chi connectivity index (χ0n) is 12.9. The maximum atomic E-state index is 12.1. The van der Waals surface area contributed by atoms with Crippen LogP contribution in [0.1, 0.15) is 28.9 Å². The average molecular weight is 312 g/mol. The Morgan fingerprint density at radius 2 is 2.13 bits per heavy atom. The zero-order chi connectivity index (χ0) is 15.9. The van der Waals surface area contributed by atoms with Crippen molar-refractivity contribution in [3.63, 3.8) is 0 Å². The fraction of sp³-hybridized carbons (Fsp3) is 0.353. The fourth-order valence-corrected chi connectivity index (χ4v) is 2.44. The summed E-state index contributed by atoms with van der Waals surface area (Å²) < 4.78 is 5.56. The van der Waals surface area contributed by atoms with Crippen LogP contribution in [0.5, 0.6) is 0 Å². The van der Waals surface area contributed by atoms with Gasteiger partial charge < -0.3 is 15.4 Å². The molecule has 0 radical (unpaired) electrons. The molecule has 1 atom stereocenters. The van der Waals surface area contributed by atoms with Gasteiger partial charge in [0.1, 0.15) is 5.69 Å². The second-order valence-electron chi connectivity index (χ2n) is 5.49. The molecule has 1 unspecified atom stereocenters. The summed E-state index contributed by atoms with van der Waals surface area (Å²) in [5.41, 5.74) is 2.30. The molecule has 0 saturated carbocycles. The first-order valence-electron chi connectivity index (χ1n) is 7.80. The van der Waals surface area contributed by atoms with Gasteiger partial charge in [0.25, 0.3) is 5.91 Å². The molecule has 0 spiro atoms. The van der Waals surface area contributed by atoms with Gasteiger partial charge in [-0.25, -0.2) is 4.98 Å². The molecule has 23 heavy (non-hydrogen) atoms. The van der Waals surface area contributed by atoms with Crippen molar-refractivity contribution in [2.24, 2.45) is 0 Å². The van der Waals surface area contributed by atoms with Crippen molar-refractivity contribution < 1.29 is 9.53 Å². The molecule has 0 bridgehead atoms. The van der Waals surface area contributed by atoms with E-state index in [4.69, 9.17) is 4.74 Å². The van der Waals surface area contributed by atoms with Gasteiger partial charge in [-0.05, 0) is 42.7 Å². The highest BCUT2D eigenvalue weighted by molar-refractivity contribution is 5.92. The number of ether oxygens (including phenoxy) is 1. The zero-order valence-corrected chi connectivity index (χ0v) is 12.9. The number of hydrogen-bond donors (Lipinski definition) is 2. The number of pyridine rings is 2. The number of carbonyl (C=O) groups is 1. The van der Waals surface area contributed by atoms with Gasteiger partial charge in [-0.3, -0.25) is 9.78 Å². The van der Waals surface area contributed by atoms with Crippen LogP contribution < -0.4 is 10.6 Å². The van der Waals surface area contributed by atoms with E-state index >= 15 is 0 Å². The third-order valence-corrected chi connectivity index (χ3v) is 3.76. The van der Waals surface area contributed by atoms with Gasteiger partial charge in [0, 0.05) is 32.1 Å². The second-order valence-corrected chi connectivity index (χ2v) is 5.49. The smallest absolute Gasteiger partial charge is 0.270 e. The topological polar surface area (TPSA) is 76.1 Å². The Kier molecular flexibility index (Phi) is 5.16. The summed E-state index contributed by atoms with van der Waals surface area (Å²) in [5, 5.41) is 6.13. The molecule has 1 aliphatic heterocycles. The molecule has 1 aliphatic rings. The molecule has 0 aliphatic carbocycles. The standard InChI is InChI=1S/C17H20N4O2/c22-17(21-10-13-5-7-18-8-6-13)16-4-3-14(11-20-16)19-12-15-2-1-9-23-15/h3-8,11,15,19H,1-2,9-10,12H2,(H,21,22). The van der Waals surface area contributed by atoms with E-state index in [0.29, 0.717) is 12.2 Å². The van der Waals surface area contributed by atoms with Crippen LogP contribution >= 0.6 is 0 Å². The lowest BCUT2D eigenvalue weighted by atomic mass is 10.2. The second kappa shape index (κ2) is 7.69. The van der Waals surface area contributed by atoms with Crippen molar-refractivity contribution >= 4 is 11.6 Å². The van der Waals surface area contributed by atoms with Crippen LogP contribution in [0, 0.1) is 0 Å². The normalized spacial score (nSPS) is 17.0. The molecule has 120 valence electrons. The van der Waals surface area contributed by atoms with E-state index in [1.807, 2.05) is 18.2 Å². The predicted octanol–water partition coefficient (Wildman–Crippen LogP) is 2.00. The van der Waals surface area contributed by atoms with Crippen molar-refractivity contribution in [2.45, 2.75) is 25.5 Å². The van der Waals surface area contributed by atoms with Crippen molar-refractivity contribution in [1.29, 1.82) is 0 Å². The number of hydrogen-bond acceptors (Lipinski definition) is 5. The van der Waals surface area contributed by atoms with Crippen LogP contribution in [0.25, 0.3) is 0 Å². The third kappa shape index (κ3) is 4.50. The third-order valence-electron chi connectivity index (χ3n) is 3.76. The molecular formula is C17H20N4O2. The number of aromatic nitrogens is 2. The number of amides is 1. The predicted molar refractivity (Wildman–Crippen MR) is 87.1 cm³/mol. The van der Waals surface area contributed by atoms with Crippen LogP contribution in [0.2, 0.25) is 0 Å². The minimum atomic E-state index is -0.188. The molecule has 3 rings (SSSR count). The maximum absolute atomic E-state index is 12.1. The van der Waals surface area contributed by atoms with Crippen LogP contribution in [-0.2, 0) is 11.3 Å². The van der Waals surface area contributed by atoms with E-state index in [1.54, 1.807) is 24.7 Å². The highest BCUT2D eigenvalue weighted by Crippen LogP contribution is 2.13. The Labute approximate surface area is 135 Å². The molecule has 1 amide bonds. The van der Waals surface area contributed by atoms with Gasteiger partial charge in [-0.2, -0.15) is 0 Å². The fourth-order valence-electron chi connectivity index (χ4n) is 2.44. The molecule has 3 heterocycles.